The summed E-state index contributed by atoms with van der Waals surface area (Å²) in [5, 5.41) is 3.30. The van der Waals surface area contributed by atoms with Gasteiger partial charge in [-0.2, -0.15) is 0 Å². The third-order valence-electron chi connectivity index (χ3n) is 5.07. The highest BCUT2D eigenvalue weighted by atomic mass is 35.5. The van der Waals surface area contributed by atoms with Gasteiger partial charge in [0.05, 0.1) is 10.6 Å². The number of nitrogens with one attached hydrogen (secondary N) is 1. The maximum atomic E-state index is 13.2. The Kier molecular flexibility index (Phi) is 5.89. The number of hydrogen-bond donors (Lipinski definition) is 1. The fraction of sp³-hybridized carbons (Fsp3) is 0.174. The van der Waals surface area contributed by atoms with Crippen LogP contribution < -0.4 is 14.4 Å². The zero-order chi connectivity index (χ0) is 22.0. The molecule has 1 N–H and O–H groups in total. The lowest BCUT2D eigenvalue weighted by Crippen LogP contribution is -2.29. The first-order valence-electron chi connectivity index (χ1n) is 9.74. The first-order valence-corrected chi connectivity index (χ1v) is 11.6. The lowest BCUT2D eigenvalue weighted by atomic mass is 10.2. The van der Waals surface area contributed by atoms with E-state index in [1.807, 2.05) is 24.3 Å². The fourth-order valence-electron chi connectivity index (χ4n) is 3.50. The van der Waals surface area contributed by atoms with Crippen LogP contribution in [-0.2, 0) is 21.2 Å². The molecule has 1 heterocycles. The minimum atomic E-state index is -3.68. The molecule has 6 nitrogen and oxygen atoms in total. The molecule has 0 saturated carbocycles. The van der Waals surface area contributed by atoms with E-state index in [9.17, 15) is 13.2 Å². The van der Waals surface area contributed by atoms with Crippen LogP contribution in [0.5, 0.6) is 5.75 Å². The van der Waals surface area contributed by atoms with Gasteiger partial charge in [0.15, 0.2) is 6.61 Å². The van der Waals surface area contributed by atoms with Gasteiger partial charge < -0.3 is 10.1 Å². The molecule has 0 bridgehead atoms. The normalized spacial score (nSPS) is 13.0. The highest BCUT2D eigenvalue weighted by molar-refractivity contribution is 7.92. The molecule has 31 heavy (non-hydrogen) atoms. The number of halogens is 1. The number of para-hydroxylation sites is 1. The first-order chi connectivity index (χ1) is 14.8. The number of nitrogens with zero attached hydrogens (tertiary/aromatic N) is 1. The van der Waals surface area contributed by atoms with Gasteiger partial charge in [0.2, 0.25) is 0 Å². The Balaban J connectivity index is 1.44. The Labute approximate surface area is 186 Å². The molecule has 3 aromatic rings. The molecule has 0 aliphatic carbocycles. The lowest BCUT2D eigenvalue weighted by molar-refractivity contribution is -0.118. The fourth-order valence-corrected chi connectivity index (χ4v) is 5.22. The maximum absolute atomic E-state index is 13.2. The number of anilines is 2. The molecule has 8 heteroatoms. The van der Waals surface area contributed by atoms with Gasteiger partial charge in [-0.25, -0.2) is 8.42 Å². The van der Waals surface area contributed by atoms with E-state index in [2.05, 4.69) is 5.32 Å². The van der Waals surface area contributed by atoms with Crippen molar-refractivity contribution in [3.8, 4) is 5.75 Å². The second-order valence-electron chi connectivity index (χ2n) is 7.23. The third kappa shape index (κ3) is 4.52. The van der Waals surface area contributed by atoms with Crippen molar-refractivity contribution in [3.05, 3.63) is 82.9 Å². The summed E-state index contributed by atoms with van der Waals surface area (Å²) in [6.07, 6.45) is 0.693. The van der Waals surface area contributed by atoms with Crippen molar-refractivity contribution < 1.29 is 17.9 Å². The summed E-state index contributed by atoms with van der Waals surface area (Å²) in [5.41, 5.74) is 2.99. The number of hydrogen-bond acceptors (Lipinski definition) is 4. The maximum Gasteiger partial charge on any atom is 0.264 e. The van der Waals surface area contributed by atoms with E-state index in [0.29, 0.717) is 35.0 Å². The first kappa shape index (κ1) is 21.2. The second-order valence-corrected chi connectivity index (χ2v) is 9.53. The van der Waals surface area contributed by atoms with Gasteiger partial charge in [-0.05, 0) is 73.0 Å². The molecular formula is C23H21ClN2O4S. The van der Waals surface area contributed by atoms with Crippen LogP contribution in [0.15, 0.2) is 71.6 Å². The Morgan fingerprint density at radius 2 is 1.84 bits per heavy atom. The molecule has 0 spiro atoms. The van der Waals surface area contributed by atoms with E-state index in [1.165, 1.54) is 10.4 Å². The summed E-state index contributed by atoms with van der Waals surface area (Å²) in [4.78, 5) is 12.3. The second kappa shape index (κ2) is 8.61. The van der Waals surface area contributed by atoms with Crippen molar-refractivity contribution in [1.82, 2.24) is 0 Å². The molecular weight excluding hydrogens is 436 g/mol. The van der Waals surface area contributed by atoms with E-state index in [-0.39, 0.29) is 17.4 Å². The van der Waals surface area contributed by atoms with Crippen LogP contribution in [0.3, 0.4) is 0 Å². The zero-order valence-electron chi connectivity index (χ0n) is 16.8. The Morgan fingerprint density at radius 1 is 1.10 bits per heavy atom. The van der Waals surface area contributed by atoms with Crippen molar-refractivity contribution in [3.63, 3.8) is 0 Å². The number of carbonyl (C=O) groups excluding carboxylic acids is 1. The van der Waals surface area contributed by atoms with Gasteiger partial charge in [0, 0.05) is 17.3 Å². The Morgan fingerprint density at radius 3 is 2.58 bits per heavy atom. The molecule has 0 radical (unpaired) electrons. The lowest BCUT2D eigenvalue weighted by Gasteiger charge is -2.20. The van der Waals surface area contributed by atoms with Crippen LogP contribution >= 0.6 is 11.6 Å². The molecule has 160 valence electrons. The number of fused-ring (bicyclic) bond motifs is 1. The standard InChI is InChI=1S/C23H21ClN2O4S/c1-16-14-20(31(28,29)26-13-12-17-4-2-3-5-21(17)26)10-11-22(16)30-15-23(27)25-19-8-6-18(24)7-9-19/h2-11,14H,12-13,15H2,1H3,(H,25,27). The smallest absolute Gasteiger partial charge is 0.264 e. The van der Waals surface area contributed by atoms with Crippen LogP contribution in [0.1, 0.15) is 11.1 Å². The monoisotopic (exact) mass is 456 g/mol. The van der Waals surface area contributed by atoms with Crippen LogP contribution in [0, 0.1) is 6.92 Å². The summed E-state index contributed by atoms with van der Waals surface area (Å²) in [6.45, 7) is 1.97. The van der Waals surface area contributed by atoms with Crippen molar-refractivity contribution in [1.29, 1.82) is 0 Å². The number of amides is 1. The largest absolute Gasteiger partial charge is 0.483 e. The van der Waals surface area contributed by atoms with Crippen LogP contribution in [0.4, 0.5) is 11.4 Å². The molecule has 0 aromatic heterocycles. The van der Waals surface area contributed by atoms with Gasteiger partial charge in [-0.3, -0.25) is 9.10 Å². The molecule has 1 amide bonds. The van der Waals surface area contributed by atoms with Gasteiger partial charge in [-0.1, -0.05) is 29.8 Å². The van der Waals surface area contributed by atoms with Crippen LogP contribution in [0.2, 0.25) is 5.02 Å². The quantitative estimate of drug-likeness (QED) is 0.595. The minimum Gasteiger partial charge on any atom is -0.483 e. The summed E-state index contributed by atoms with van der Waals surface area (Å²) in [6, 6.07) is 18.9. The summed E-state index contributed by atoms with van der Waals surface area (Å²) < 4.78 is 33.4. The van der Waals surface area contributed by atoms with E-state index in [1.54, 1.807) is 43.3 Å². The number of benzene rings is 3. The van der Waals surface area contributed by atoms with Crippen LogP contribution in [0.25, 0.3) is 0 Å². The van der Waals surface area contributed by atoms with Crippen LogP contribution in [-0.4, -0.2) is 27.5 Å². The minimum absolute atomic E-state index is 0.194. The van der Waals surface area contributed by atoms with Gasteiger partial charge in [0.1, 0.15) is 5.75 Å². The Bertz CT molecular complexity index is 1230. The predicted molar refractivity (Wildman–Crippen MR) is 121 cm³/mol. The third-order valence-corrected chi connectivity index (χ3v) is 7.13. The van der Waals surface area contributed by atoms with Crippen molar-refractivity contribution >= 4 is 38.9 Å². The van der Waals surface area contributed by atoms with Crippen molar-refractivity contribution in [2.24, 2.45) is 0 Å². The van der Waals surface area contributed by atoms with Crippen molar-refractivity contribution in [2.75, 3.05) is 22.8 Å². The number of sulfonamides is 1. The summed E-state index contributed by atoms with van der Waals surface area (Å²) in [7, 11) is -3.68. The Hall–Kier alpha value is -3.03. The van der Waals surface area contributed by atoms with E-state index in [4.69, 9.17) is 16.3 Å². The average Bonchev–Trinajstić information content (AvgIpc) is 3.19. The average molecular weight is 457 g/mol. The van der Waals surface area contributed by atoms with E-state index >= 15 is 0 Å². The van der Waals surface area contributed by atoms with E-state index < -0.39 is 10.0 Å². The summed E-state index contributed by atoms with van der Waals surface area (Å²) >= 11 is 5.83. The molecule has 0 saturated heterocycles. The molecule has 0 atom stereocenters. The summed E-state index contributed by atoms with van der Waals surface area (Å²) in [5.74, 6) is 0.124. The number of rotatable bonds is 6. The van der Waals surface area contributed by atoms with Gasteiger partial charge >= 0.3 is 0 Å². The van der Waals surface area contributed by atoms with Gasteiger partial charge in [0.25, 0.3) is 15.9 Å². The van der Waals surface area contributed by atoms with E-state index in [0.717, 1.165) is 11.3 Å². The predicted octanol–water partition coefficient (Wildman–Crippen LogP) is 4.42. The number of ether oxygens (including phenoxy) is 1. The highest BCUT2D eigenvalue weighted by Crippen LogP contribution is 2.33. The molecule has 1 aliphatic heterocycles. The SMILES string of the molecule is Cc1cc(S(=O)(=O)N2CCc3ccccc32)ccc1OCC(=O)Nc1ccc(Cl)cc1. The highest BCUT2D eigenvalue weighted by Gasteiger charge is 2.30. The molecule has 0 fully saturated rings. The molecule has 4 rings (SSSR count). The molecule has 0 unspecified atom stereocenters. The number of carbonyl (C=O) groups is 1. The molecule has 3 aromatic carbocycles. The zero-order valence-corrected chi connectivity index (χ0v) is 18.4. The van der Waals surface area contributed by atoms with Crippen molar-refractivity contribution in [2.45, 2.75) is 18.2 Å². The number of aryl methyl sites for hydroxylation is 1. The van der Waals surface area contributed by atoms with Gasteiger partial charge in [-0.15, -0.1) is 0 Å². The topological polar surface area (TPSA) is 75.7 Å². The molecule has 1 aliphatic rings.